The standard InChI is InChI=1S/C19H30N2O/c1-14(2)17-11-7-8-15(3)18(17)21-19(22)20-13-12-16-9-5-4-6-10-16/h7-8,11,14,16H,4-6,9-10,12-13H2,1-3H3,(H2,20,21,22). The molecule has 0 heterocycles. The molecule has 0 radical (unpaired) electrons. The molecule has 1 saturated carbocycles. The largest absolute Gasteiger partial charge is 0.338 e. The van der Waals surface area contributed by atoms with Crippen LogP contribution in [0.1, 0.15) is 69.4 Å². The summed E-state index contributed by atoms with van der Waals surface area (Å²) in [7, 11) is 0. The van der Waals surface area contributed by atoms with Crippen molar-refractivity contribution in [2.45, 2.75) is 65.2 Å². The van der Waals surface area contributed by atoms with Crippen molar-refractivity contribution in [3.8, 4) is 0 Å². The fraction of sp³-hybridized carbons (Fsp3) is 0.632. The Labute approximate surface area is 134 Å². The number of carbonyl (C=O) groups excluding carboxylic acids is 1. The van der Waals surface area contributed by atoms with Gasteiger partial charge in [-0.1, -0.05) is 64.2 Å². The topological polar surface area (TPSA) is 41.1 Å². The molecule has 1 aromatic rings. The van der Waals surface area contributed by atoms with Gasteiger partial charge in [-0.25, -0.2) is 4.79 Å². The normalized spacial score (nSPS) is 15.8. The van der Waals surface area contributed by atoms with Crippen LogP contribution in [0.5, 0.6) is 0 Å². The van der Waals surface area contributed by atoms with Crippen molar-refractivity contribution in [3.05, 3.63) is 29.3 Å². The van der Waals surface area contributed by atoms with Crippen molar-refractivity contribution >= 4 is 11.7 Å². The van der Waals surface area contributed by atoms with Crippen LogP contribution in [-0.4, -0.2) is 12.6 Å². The van der Waals surface area contributed by atoms with Gasteiger partial charge in [0.2, 0.25) is 0 Å². The molecule has 0 atom stereocenters. The second kappa shape index (κ2) is 8.21. The molecule has 1 aromatic carbocycles. The van der Waals surface area contributed by atoms with Gasteiger partial charge in [-0.05, 0) is 36.3 Å². The third-order valence-corrected chi connectivity index (χ3v) is 4.73. The summed E-state index contributed by atoms with van der Waals surface area (Å²) >= 11 is 0. The lowest BCUT2D eigenvalue weighted by Crippen LogP contribution is -2.31. The number of hydrogen-bond donors (Lipinski definition) is 2. The Morgan fingerprint density at radius 1 is 1.23 bits per heavy atom. The van der Waals surface area contributed by atoms with E-state index in [1.807, 2.05) is 13.0 Å². The molecule has 1 aliphatic carbocycles. The molecule has 3 nitrogen and oxygen atoms in total. The van der Waals surface area contributed by atoms with Crippen LogP contribution in [0.15, 0.2) is 18.2 Å². The highest BCUT2D eigenvalue weighted by Gasteiger charge is 2.14. The molecule has 0 aliphatic heterocycles. The first-order valence-electron chi connectivity index (χ1n) is 8.72. The van der Waals surface area contributed by atoms with Gasteiger partial charge >= 0.3 is 6.03 Å². The summed E-state index contributed by atoms with van der Waals surface area (Å²) in [6, 6.07) is 6.11. The molecule has 0 unspecified atom stereocenters. The molecule has 122 valence electrons. The zero-order valence-electron chi connectivity index (χ0n) is 14.2. The van der Waals surface area contributed by atoms with Gasteiger partial charge in [0, 0.05) is 12.2 Å². The number of amides is 2. The molecule has 1 fully saturated rings. The number of rotatable bonds is 5. The molecule has 0 aromatic heterocycles. The summed E-state index contributed by atoms with van der Waals surface area (Å²) < 4.78 is 0. The average Bonchev–Trinajstić information content (AvgIpc) is 2.50. The molecule has 0 bridgehead atoms. The van der Waals surface area contributed by atoms with Gasteiger partial charge in [0.15, 0.2) is 0 Å². The maximum Gasteiger partial charge on any atom is 0.319 e. The van der Waals surface area contributed by atoms with E-state index in [2.05, 4.69) is 36.6 Å². The molecule has 0 spiro atoms. The van der Waals surface area contributed by atoms with Gasteiger partial charge in [-0.2, -0.15) is 0 Å². The van der Waals surface area contributed by atoms with Crippen LogP contribution in [0.25, 0.3) is 0 Å². The molecule has 2 N–H and O–H groups in total. The van der Waals surface area contributed by atoms with Gasteiger partial charge < -0.3 is 10.6 Å². The Kier molecular flexibility index (Phi) is 6.29. The Hall–Kier alpha value is -1.51. The first-order chi connectivity index (χ1) is 10.6. The quantitative estimate of drug-likeness (QED) is 0.770. The minimum atomic E-state index is -0.0768. The molecular weight excluding hydrogens is 272 g/mol. The summed E-state index contributed by atoms with van der Waals surface area (Å²) in [5.41, 5.74) is 3.28. The number of para-hydroxylation sites is 1. The van der Waals surface area contributed by atoms with E-state index >= 15 is 0 Å². The van der Waals surface area contributed by atoms with Crippen LogP contribution in [-0.2, 0) is 0 Å². The van der Waals surface area contributed by atoms with Gasteiger partial charge in [0.25, 0.3) is 0 Å². The number of carbonyl (C=O) groups is 1. The van der Waals surface area contributed by atoms with Crippen molar-refractivity contribution in [2.24, 2.45) is 5.92 Å². The van der Waals surface area contributed by atoms with Crippen molar-refractivity contribution in [3.63, 3.8) is 0 Å². The van der Waals surface area contributed by atoms with Crippen LogP contribution in [0.4, 0.5) is 10.5 Å². The highest BCUT2D eigenvalue weighted by molar-refractivity contribution is 5.91. The molecule has 1 aliphatic rings. The number of urea groups is 1. The average molecular weight is 302 g/mol. The SMILES string of the molecule is Cc1cccc(C(C)C)c1NC(=O)NCCC1CCCCC1. The minimum Gasteiger partial charge on any atom is -0.338 e. The fourth-order valence-electron chi connectivity index (χ4n) is 3.37. The number of anilines is 1. The predicted molar refractivity (Wildman–Crippen MR) is 93.5 cm³/mol. The van der Waals surface area contributed by atoms with E-state index in [-0.39, 0.29) is 6.03 Å². The molecule has 2 amide bonds. The molecular formula is C19H30N2O. The van der Waals surface area contributed by atoms with E-state index in [4.69, 9.17) is 0 Å². The maximum absolute atomic E-state index is 12.2. The van der Waals surface area contributed by atoms with Gasteiger partial charge in [0.1, 0.15) is 0 Å². The van der Waals surface area contributed by atoms with E-state index < -0.39 is 0 Å². The fourth-order valence-corrected chi connectivity index (χ4v) is 3.37. The summed E-state index contributed by atoms with van der Waals surface area (Å²) in [4.78, 5) is 12.2. The van der Waals surface area contributed by atoms with Crippen LogP contribution in [0.3, 0.4) is 0 Å². The van der Waals surface area contributed by atoms with E-state index in [1.165, 1.54) is 37.7 Å². The van der Waals surface area contributed by atoms with E-state index in [0.29, 0.717) is 5.92 Å². The zero-order chi connectivity index (χ0) is 15.9. The molecule has 2 rings (SSSR count). The molecule has 3 heteroatoms. The Bertz CT molecular complexity index is 490. The highest BCUT2D eigenvalue weighted by atomic mass is 16.2. The number of nitrogens with one attached hydrogen (secondary N) is 2. The summed E-state index contributed by atoms with van der Waals surface area (Å²) in [6.07, 6.45) is 7.88. The molecule has 0 saturated heterocycles. The second-order valence-electron chi connectivity index (χ2n) is 6.87. The first kappa shape index (κ1) is 16.9. The minimum absolute atomic E-state index is 0.0768. The second-order valence-corrected chi connectivity index (χ2v) is 6.87. The third kappa shape index (κ3) is 4.75. The van der Waals surface area contributed by atoms with Crippen LogP contribution in [0.2, 0.25) is 0 Å². The van der Waals surface area contributed by atoms with Crippen LogP contribution < -0.4 is 10.6 Å². The van der Waals surface area contributed by atoms with Gasteiger partial charge in [-0.3, -0.25) is 0 Å². The third-order valence-electron chi connectivity index (χ3n) is 4.73. The summed E-state index contributed by atoms with van der Waals surface area (Å²) in [5, 5.41) is 6.07. The smallest absolute Gasteiger partial charge is 0.319 e. The lowest BCUT2D eigenvalue weighted by molar-refractivity contribution is 0.250. The van der Waals surface area contributed by atoms with Crippen LogP contribution >= 0.6 is 0 Å². The number of benzene rings is 1. The number of hydrogen-bond acceptors (Lipinski definition) is 1. The van der Waals surface area contributed by atoms with Crippen molar-refractivity contribution in [1.29, 1.82) is 0 Å². The van der Waals surface area contributed by atoms with E-state index in [0.717, 1.165) is 30.1 Å². The van der Waals surface area contributed by atoms with Gasteiger partial charge in [-0.15, -0.1) is 0 Å². The lowest BCUT2D eigenvalue weighted by atomic mass is 9.87. The Morgan fingerprint density at radius 3 is 2.64 bits per heavy atom. The van der Waals surface area contributed by atoms with Crippen molar-refractivity contribution in [1.82, 2.24) is 5.32 Å². The monoisotopic (exact) mass is 302 g/mol. The predicted octanol–water partition coefficient (Wildman–Crippen LogP) is 5.21. The van der Waals surface area contributed by atoms with E-state index in [1.54, 1.807) is 0 Å². The molecule has 22 heavy (non-hydrogen) atoms. The first-order valence-corrected chi connectivity index (χ1v) is 8.72. The van der Waals surface area contributed by atoms with Crippen LogP contribution in [0, 0.1) is 12.8 Å². The maximum atomic E-state index is 12.2. The summed E-state index contributed by atoms with van der Waals surface area (Å²) in [6.45, 7) is 7.13. The Morgan fingerprint density at radius 2 is 1.95 bits per heavy atom. The van der Waals surface area contributed by atoms with Crippen molar-refractivity contribution in [2.75, 3.05) is 11.9 Å². The number of aryl methyl sites for hydroxylation is 1. The van der Waals surface area contributed by atoms with Crippen molar-refractivity contribution < 1.29 is 4.79 Å². The lowest BCUT2D eigenvalue weighted by Gasteiger charge is -2.21. The Balaban J connectivity index is 1.84. The zero-order valence-corrected chi connectivity index (χ0v) is 14.2. The highest BCUT2D eigenvalue weighted by Crippen LogP contribution is 2.27. The van der Waals surface area contributed by atoms with E-state index in [9.17, 15) is 4.79 Å². The summed E-state index contributed by atoms with van der Waals surface area (Å²) in [5.74, 6) is 1.20. The van der Waals surface area contributed by atoms with Gasteiger partial charge in [0.05, 0.1) is 0 Å².